The molecule has 0 spiro atoms. The molecule has 0 unspecified atom stereocenters. The number of nitrogens with zero attached hydrogens (tertiary/aromatic N) is 3. The van der Waals surface area contributed by atoms with Crippen LogP contribution in [0.3, 0.4) is 0 Å². The van der Waals surface area contributed by atoms with E-state index in [9.17, 15) is 0 Å². The second kappa shape index (κ2) is 11.7. The smallest absolute Gasteiger partial charge is 0.160 e. The molecule has 10 rings (SSSR count). The van der Waals surface area contributed by atoms with Gasteiger partial charge in [0.1, 0.15) is 11.2 Å². The maximum Gasteiger partial charge on any atom is 0.160 e. The van der Waals surface area contributed by atoms with E-state index in [0.717, 1.165) is 89.2 Å². The van der Waals surface area contributed by atoms with Crippen molar-refractivity contribution in [3.63, 3.8) is 0 Å². The summed E-state index contributed by atoms with van der Waals surface area (Å²) in [4.78, 5) is 16.0. The van der Waals surface area contributed by atoms with Crippen LogP contribution in [0, 0.1) is 0 Å². The van der Waals surface area contributed by atoms with Crippen molar-refractivity contribution < 1.29 is 4.42 Å². The van der Waals surface area contributed by atoms with Gasteiger partial charge in [0.15, 0.2) is 5.82 Å². The quantitative estimate of drug-likeness (QED) is 0.183. The molecule has 4 heteroatoms. The van der Waals surface area contributed by atoms with Crippen LogP contribution in [0.2, 0.25) is 0 Å². The fourth-order valence-electron chi connectivity index (χ4n) is 7.91. The summed E-state index contributed by atoms with van der Waals surface area (Å²) in [6.45, 7) is 4.57. The molecule has 3 aromatic heterocycles. The van der Waals surface area contributed by atoms with Crippen LogP contribution >= 0.6 is 0 Å². The third-order valence-corrected chi connectivity index (χ3v) is 10.5. The molecule has 9 aromatic rings. The van der Waals surface area contributed by atoms with Gasteiger partial charge in [0.25, 0.3) is 0 Å². The van der Waals surface area contributed by atoms with Crippen LogP contribution < -0.4 is 0 Å². The van der Waals surface area contributed by atoms with Gasteiger partial charge < -0.3 is 4.42 Å². The lowest BCUT2D eigenvalue weighted by Crippen LogP contribution is -2.17. The van der Waals surface area contributed by atoms with E-state index >= 15 is 0 Å². The zero-order valence-electron chi connectivity index (χ0n) is 28.8. The minimum Gasteiger partial charge on any atom is -0.455 e. The molecule has 0 radical (unpaired) electrons. The van der Waals surface area contributed by atoms with Gasteiger partial charge in [-0.2, -0.15) is 0 Å². The van der Waals surface area contributed by atoms with E-state index in [1.165, 1.54) is 5.56 Å². The van der Waals surface area contributed by atoms with E-state index in [2.05, 4.69) is 153 Å². The highest BCUT2D eigenvalue weighted by Gasteiger charge is 2.40. The average Bonchev–Trinajstić information content (AvgIpc) is 3.70. The van der Waals surface area contributed by atoms with Gasteiger partial charge in [-0.3, -0.25) is 0 Å². The number of pyridine rings is 1. The predicted octanol–water partition coefficient (Wildman–Crippen LogP) is 12.4. The number of benzene rings is 6. The highest BCUT2D eigenvalue weighted by molar-refractivity contribution is 6.09. The van der Waals surface area contributed by atoms with Crippen LogP contribution in [-0.4, -0.2) is 15.0 Å². The Morgan fingerprint density at radius 2 is 1.02 bits per heavy atom. The summed E-state index contributed by atoms with van der Waals surface area (Å²) >= 11 is 0. The second-order valence-electron chi connectivity index (χ2n) is 14.0. The molecule has 3 heterocycles. The molecule has 4 nitrogen and oxygen atoms in total. The predicted molar refractivity (Wildman–Crippen MR) is 212 cm³/mol. The standard InChI is InChI=1S/C48H33N3O/c1-48(2)39-22-11-9-19-38(39)45-43(48)44(34-28-40(31-14-5-3-6-15-31)49-41(29-34)32-16-7-4-8-17-32)50-47(51-45)33-26-24-30(25-27-33)35-20-13-21-37-36-18-10-12-23-42(36)52-46(35)37/h3-29H,1-2H3. The summed E-state index contributed by atoms with van der Waals surface area (Å²) in [5.74, 6) is 0.689. The molecule has 0 saturated heterocycles. The number of furan rings is 1. The summed E-state index contributed by atoms with van der Waals surface area (Å²) in [5.41, 5.74) is 15.0. The highest BCUT2D eigenvalue weighted by atomic mass is 16.3. The van der Waals surface area contributed by atoms with Crippen molar-refractivity contribution in [1.29, 1.82) is 0 Å². The topological polar surface area (TPSA) is 51.8 Å². The summed E-state index contributed by atoms with van der Waals surface area (Å²) in [6, 6.07) is 56.9. The van der Waals surface area contributed by atoms with Gasteiger partial charge in [-0.25, -0.2) is 15.0 Å². The number of rotatable bonds is 5. The van der Waals surface area contributed by atoms with E-state index in [1.54, 1.807) is 0 Å². The lowest BCUT2D eigenvalue weighted by atomic mass is 9.80. The SMILES string of the molecule is CC1(C)c2ccccc2-c2nc(-c3ccc(-c4cccc5c4oc4ccccc45)cc3)nc(-c3cc(-c4ccccc4)nc(-c4ccccc4)c3)c21. The van der Waals surface area contributed by atoms with Crippen molar-refractivity contribution in [3.8, 4) is 67.5 Å². The van der Waals surface area contributed by atoms with Crippen LogP contribution in [0.25, 0.3) is 89.5 Å². The zero-order chi connectivity index (χ0) is 34.8. The summed E-state index contributed by atoms with van der Waals surface area (Å²) in [7, 11) is 0. The molecule has 0 amide bonds. The molecule has 1 aliphatic carbocycles. The maximum absolute atomic E-state index is 6.37. The Bertz CT molecular complexity index is 2740. The fraction of sp³-hybridized carbons (Fsp3) is 0.0625. The molecule has 0 atom stereocenters. The van der Waals surface area contributed by atoms with Gasteiger partial charge in [0.05, 0.1) is 22.8 Å². The normalized spacial score (nSPS) is 13.0. The fourth-order valence-corrected chi connectivity index (χ4v) is 7.91. The Balaban J connectivity index is 1.17. The maximum atomic E-state index is 6.37. The Kier molecular flexibility index (Phi) is 6.80. The summed E-state index contributed by atoms with van der Waals surface area (Å²) in [6.07, 6.45) is 0. The molecule has 1 aliphatic rings. The van der Waals surface area contributed by atoms with Crippen molar-refractivity contribution in [2.45, 2.75) is 19.3 Å². The Hall–Kier alpha value is -6.65. The first kappa shape index (κ1) is 30.2. The zero-order valence-corrected chi connectivity index (χ0v) is 28.8. The first-order valence-electron chi connectivity index (χ1n) is 17.7. The minimum absolute atomic E-state index is 0.308. The van der Waals surface area contributed by atoms with Gasteiger partial charge in [-0.15, -0.1) is 0 Å². The molecule has 0 fully saturated rings. The minimum atomic E-state index is -0.308. The number of para-hydroxylation sites is 2. The Morgan fingerprint density at radius 1 is 0.442 bits per heavy atom. The molecular formula is C48H33N3O. The van der Waals surface area contributed by atoms with E-state index in [4.69, 9.17) is 19.4 Å². The van der Waals surface area contributed by atoms with Crippen molar-refractivity contribution in [2.24, 2.45) is 0 Å². The molecule has 6 aromatic carbocycles. The van der Waals surface area contributed by atoms with Crippen molar-refractivity contribution >= 4 is 21.9 Å². The average molecular weight is 668 g/mol. The number of aromatic nitrogens is 3. The van der Waals surface area contributed by atoms with Crippen molar-refractivity contribution in [2.75, 3.05) is 0 Å². The largest absolute Gasteiger partial charge is 0.455 e. The first-order chi connectivity index (χ1) is 25.5. The second-order valence-corrected chi connectivity index (χ2v) is 14.0. The molecule has 246 valence electrons. The van der Waals surface area contributed by atoms with Gasteiger partial charge in [0.2, 0.25) is 0 Å². The Labute approximate surface area is 302 Å². The molecule has 0 N–H and O–H groups in total. The van der Waals surface area contributed by atoms with E-state index in [1.807, 2.05) is 24.3 Å². The molecule has 0 aliphatic heterocycles. The van der Waals surface area contributed by atoms with Crippen LogP contribution in [0.5, 0.6) is 0 Å². The van der Waals surface area contributed by atoms with Crippen LogP contribution in [-0.2, 0) is 5.41 Å². The number of hydrogen-bond acceptors (Lipinski definition) is 4. The molecule has 52 heavy (non-hydrogen) atoms. The third-order valence-electron chi connectivity index (χ3n) is 10.5. The van der Waals surface area contributed by atoms with Crippen molar-refractivity contribution in [1.82, 2.24) is 15.0 Å². The summed E-state index contributed by atoms with van der Waals surface area (Å²) in [5, 5.41) is 2.24. The van der Waals surface area contributed by atoms with Gasteiger partial charge in [-0.1, -0.05) is 159 Å². The van der Waals surface area contributed by atoms with E-state index in [-0.39, 0.29) is 5.41 Å². The molecule has 0 bridgehead atoms. The summed E-state index contributed by atoms with van der Waals surface area (Å²) < 4.78 is 6.37. The van der Waals surface area contributed by atoms with Gasteiger partial charge in [-0.05, 0) is 29.3 Å². The van der Waals surface area contributed by atoms with Gasteiger partial charge in [0, 0.05) is 55.1 Å². The van der Waals surface area contributed by atoms with E-state index < -0.39 is 0 Å². The molecular weight excluding hydrogens is 635 g/mol. The van der Waals surface area contributed by atoms with Crippen LogP contribution in [0.1, 0.15) is 25.0 Å². The molecule has 0 saturated carbocycles. The number of fused-ring (bicyclic) bond motifs is 6. The van der Waals surface area contributed by atoms with Crippen molar-refractivity contribution in [3.05, 3.63) is 175 Å². The third kappa shape index (κ3) is 4.79. The number of hydrogen-bond donors (Lipinski definition) is 0. The van der Waals surface area contributed by atoms with Crippen LogP contribution in [0.15, 0.2) is 168 Å². The highest BCUT2D eigenvalue weighted by Crippen LogP contribution is 2.51. The lowest BCUT2D eigenvalue weighted by Gasteiger charge is -2.24. The van der Waals surface area contributed by atoms with E-state index in [0.29, 0.717) is 5.82 Å². The first-order valence-corrected chi connectivity index (χ1v) is 17.7. The lowest BCUT2D eigenvalue weighted by molar-refractivity contribution is 0.658. The Morgan fingerprint density at radius 3 is 1.75 bits per heavy atom. The van der Waals surface area contributed by atoms with Crippen LogP contribution in [0.4, 0.5) is 0 Å². The monoisotopic (exact) mass is 667 g/mol. The van der Waals surface area contributed by atoms with Gasteiger partial charge >= 0.3 is 0 Å².